The second-order valence-corrected chi connectivity index (χ2v) is 12.9. The van der Waals surface area contributed by atoms with Crippen LogP contribution in [-0.2, 0) is 6.42 Å². The summed E-state index contributed by atoms with van der Waals surface area (Å²) in [6, 6.07) is 70.8. The second kappa shape index (κ2) is 12.4. The fourth-order valence-corrected chi connectivity index (χ4v) is 7.37. The van der Waals surface area contributed by atoms with E-state index in [0.29, 0.717) is 0 Å². The van der Waals surface area contributed by atoms with E-state index in [4.69, 9.17) is 0 Å². The zero-order valence-electron chi connectivity index (χ0n) is 27.2. The highest BCUT2D eigenvalue weighted by Gasteiger charge is 2.23. The van der Waals surface area contributed by atoms with E-state index in [9.17, 15) is 0 Å². The first-order valence-corrected chi connectivity index (χ1v) is 17.0. The van der Waals surface area contributed by atoms with E-state index >= 15 is 0 Å². The van der Waals surface area contributed by atoms with Crippen LogP contribution in [-0.4, -0.2) is 0 Å². The van der Waals surface area contributed by atoms with Gasteiger partial charge in [-0.1, -0.05) is 170 Å². The molecule has 0 aromatic heterocycles. The standard InChI is InChI=1S/C49H34/c1-3-11-34(12-4-1)36-21-25-38(26-22-36)40-16-9-18-42(29-40)45-32-47(49-31-44-15-7-8-20-46(44)48(49)33-45)43-19-10-17-41(30-43)39-27-23-37(24-28-39)35-13-5-2-6-14-35/h1-30,32-33H,31H2. The van der Waals surface area contributed by atoms with E-state index in [2.05, 4.69) is 194 Å². The molecule has 1 aliphatic rings. The van der Waals surface area contributed by atoms with Crippen LogP contribution in [0.3, 0.4) is 0 Å². The monoisotopic (exact) mass is 622 g/mol. The minimum atomic E-state index is 0.949. The summed E-state index contributed by atoms with van der Waals surface area (Å²) in [5.74, 6) is 0. The van der Waals surface area contributed by atoms with E-state index in [0.717, 1.165) is 6.42 Å². The van der Waals surface area contributed by atoms with Crippen molar-refractivity contribution in [1.29, 1.82) is 0 Å². The van der Waals surface area contributed by atoms with Crippen LogP contribution in [0, 0.1) is 0 Å². The lowest BCUT2D eigenvalue weighted by atomic mass is 9.89. The van der Waals surface area contributed by atoms with Gasteiger partial charge in [0.1, 0.15) is 0 Å². The molecule has 0 bridgehead atoms. The highest BCUT2D eigenvalue weighted by molar-refractivity contribution is 5.91. The van der Waals surface area contributed by atoms with Crippen LogP contribution in [0.4, 0.5) is 0 Å². The van der Waals surface area contributed by atoms with Gasteiger partial charge in [-0.15, -0.1) is 0 Å². The molecule has 1 aliphatic carbocycles. The van der Waals surface area contributed by atoms with E-state index in [1.807, 2.05) is 0 Å². The predicted molar refractivity (Wildman–Crippen MR) is 207 cm³/mol. The normalized spacial score (nSPS) is 11.6. The van der Waals surface area contributed by atoms with Crippen LogP contribution in [0.5, 0.6) is 0 Å². The summed E-state index contributed by atoms with van der Waals surface area (Å²) >= 11 is 0. The molecule has 0 unspecified atom stereocenters. The summed E-state index contributed by atoms with van der Waals surface area (Å²) < 4.78 is 0. The Bertz CT molecular complexity index is 2420. The Labute approximate surface area is 288 Å². The number of rotatable bonds is 6. The lowest BCUT2D eigenvalue weighted by Crippen LogP contribution is -1.92. The van der Waals surface area contributed by atoms with Crippen molar-refractivity contribution in [1.82, 2.24) is 0 Å². The zero-order chi connectivity index (χ0) is 32.6. The van der Waals surface area contributed by atoms with Gasteiger partial charge in [-0.3, -0.25) is 0 Å². The topological polar surface area (TPSA) is 0 Å². The molecule has 0 saturated heterocycles. The first-order chi connectivity index (χ1) is 24.3. The number of hydrogen-bond donors (Lipinski definition) is 0. The van der Waals surface area contributed by atoms with Gasteiger partial charge in [0, 0.05) is 0 Å². The Hall–Kier alpha value is -6.24. The summed E-state index contributed by atoms with van der Waals surface area (Å²) in [7, 11) is 0. The van der Waals surface area contributed by atoms with Crippen molar-refractivity contribution in [3.05, 3.63) is 205 Å². The largest absolute Gasteiger partial charge is 0.0622 e. The molecular formula is C49H34. The highest BCUT2D eigenvalue weighted by Crippen LogP contribution is 2.45. The molecular weight excluding hydrogens is 589 g/mol. The van der Waals surface area contributed by atoms with Crippen LogP contribution >= 0.6 is 0 Å². The summed E-state index contributed by atoms with van der Waals surface area (Å²) in [5.41, 5.74) is 20.4. The summed E-state index contributed by atoms with van der Waals surface area (Å²) in [4.78, 5) is 0. The fraction of sp³-hybridized carbons (Fsp3) is 0.0204. The minimum Gasteiger partial charge on any atom is -0.0622 e. The van der Waals surface area contributed by atoms with Gasteiger partial charge in [0.2, 0.25) is 0 Å². The molecule has 230 valence electrons. The van der Waals surface area contributed by atoms with Gasteiger partial charge in [-0.05, 0) is 120 Å². The molecule has 0 heteroatoms. The van der Waals surface area contributed by atoms with Gasteiger partial charge in [0.15, 0.2) is 0 Å². The quantitative estimate of drug-likeness (QED) is 0.173. The Morgan fingerprint density at radius 3 is 1.18 bits per heavy atom. The lowest BCUT2D eigenvalue weighted by molar-refractivity contribution is 1.26. The van der Waals surface area contributed by atoms with Crippen molar-refractivity contribution in [2.24, 2.45) is 0 Å². The third kappa shape index (κ3) is 5.58. The highest BCUT2D eigenvalue weighted by atomic mass is 14.3. The van der Waals surface area contributed by atoms with Gasteiger partial charge in [-0.25, -0.2) is 0 Å². The molecule has 0 nitrogen and oxygen atoms in total. The average molecular weight is 623 g/mol. The van der Waals surface area contributed by atoms with Crippen LogP contribution < -0.4 is 0 Å². The third-order valence-corrected chi connectivity index (χ3v) is 9.94. The molecule has 0 N–H and O–H groups in total. The molecule has 0 aliphatic heterocycles. The van der Waals surface area contributed by atoms with E-state index in [1.54, 1.807) is 0 Å². The lowest BCUT2D eigenvalue weighted by Gasteiger charge is -2.15. The molecule has 8 aromatic carbocycles. The molecule has 0 radical (unpaired) electrons. The molecule has 9 rings (SSSR count). The van der Waals surface area contributed by atoms with Crippen molar-refractivity contribution < 1.29 is 0 Å². The maximum Gasteiger partial charge on any atom is -0.000728 e. The van der Waals surface area contributed by atoms with Gasteiger partial charge < -0.3 is 0 Å². The molecule has 0 saturated carbocycles. The van der Waals surface area contributed by atoms with Crippen LogP contribution in [0.25, 0.3) is 77.9 Å². The number of hydrogen-bond acceptors (Lipinski definition) is 0. The third-order valence-electron chi connectivity index (χ3n) is 9.94. The van der Waals surface area contributed by atoms with Crippen LogP contribution in [0.2, 0.25) is 0 Å². The molecule has 0 atom stereocenters. The van der Waals surface area contributed by atoms with E-state index in [-0.39, 0.29) is 0 Å². The minimum absolute atomic E-state index is 0.949. The maximum atomic E-state index is 2.42. The summed E-state index contributed by atoms with van der Waals surface area (Å²) in [6.45, 7) is 0. The Kier molecular flexibility index (Phi) is 7.33. The average Bonchev–Trinajstić information content (AvgIpc) is 3.57. The van der Waals surface area contributed by atoms with Gasteiger partial charge in [-0.2, -0.15) is 0 Å². The first-order valence-electron chi connectivity index (χ1n) is 17.0. The number of benzene rings is 8. The molecule has 8 aromatic rings. The maximum absolute atomic E-state index is 2.42. The molecule has 0 spiro atoms. The van der Waals surface area contributed by atoms with Crippen molar-refractivity contribution in [2.45, 2.75) is 6.42 Å². The summed E-state index contributed by atoms with van der Waals surface area (Å²) in [6.07, 6.45) is 0.949. The van der Waals surface area contributed by atoms with E-state index < -0.39 is 0 Å². The SMILES string of the molecule is c1ccc(-c2ccc(-c3cccc(-c4cc(-c5cccc(-c6ccc(-c7ccccc7)cc6)c5)c5c(c4)-c4ccccc4C5)c3)cc2)cc1. The molecule has 0 amide bonds. The predicted octanol–water partition coefficient (Wildman–Crippen LogP) is 13.3. The zero-order valence-corrected chi connectivity index (χ0v) is 27.2. The van der Waals surface area contributed by atoms with Gasteiger partial charge in [0.25, 0.3) is 0 Å². The Morgan fingerprint density at radius 2 is 0.612 bits per heavy atom. The van der Waals surface area contributed by atoms with Gasteiger partial charge in [0.05, 0.1) is 0 Å². The fourth-order valence-electron chi connectivity index (χ4n) is 7.37. The molecule has 49 heavy (non-hydrogen) atoms. The Balaban J connectivity index is 1.11. The van der Waals surface area contributed by atoms with Crippen LogP contribution in [0.15, 0.2) is 194 Å². The van der Waals surface area contributed by atoms with Crippen molar-refractivity contribution in [2.75, 3.05) is 0 Å². The first kappa shape index (κ1) is 28.9. The van der Waals surface area contributed by atoms with Crippen LogP contribution in [0.1, 0.15) is 11.1 Å². The summed E-state index contributed by atoms with van der Waals surface area (Å²) in [5, 5.41) is 0. The molecule has 0 fully saturated rings. The smallest absolute Gasteiger partial charge is 0.000728 e. The Morgan fingerprint density at radius 1 is 0.224 bits per heavy atom. The number of fused-ring (bicyclic) bond motifs is 3. The van der Waals surface area contributed by atoms with Crippen molar-refractivity contribution in [3.63, 3.8) is 0 Å². The van der Waals surface area contributed by atoms with E-state index in [1.165, 1.54) is 89.0 Å². The van der Waals surface area contributed by atoms with Gasteiger partial charge >= 0.3 is 0 Å². The molecule has 0 heterocycles. The van der Waals surface area contributed by atoms with Crippen molar-refractivity contribution >= 4 is 0 Å². The second-order valence-electron chi connectivity index (χ2n) is 12.9. The van der Waals surface area contributed by atoms with Crippen molar-refractivity contribution in [3.8, 4) is 77.9 Å².